The van der Waals surface area contributed by atoms with Crippen molar-refractivity contribution in [2.45, 2.75) is 46.3 Å². The van der Waals surface area contributed by atoms with Crippen molar-refractivity contribution < 1.29 is 18.3 Å². The number of carbonyl (C=O) groups is 1. The van der Waals surface area contributed by atoms with E-state index in [1.54, 1.807) is 0 Å². The Morgan fingerprint density at radius 2 is 2.05 bits per heavy atom. The SMILES string of the molecule is Cc1cc(CNC(=O)OC(C)(C)C)ccc1CCS(=O)[O-]. The second kappa shape index (κ2) is 7.56. The highest BCUT2D eigenvalue weighted by Crippen LogP contribution is 2.13. The summed E-state index contributed by atoms with van der Waals surface area (Å²) in [5.74, 6) is 0.121. The highest BCUT2D eigenvalue weighted by molar-refractivity contribution is 7.79. The molecule has 1 rings (SSSR count). The molecule has 0 spiro atoms. The smallest absolute Gasteiger partial charge is 0.407 e. The second-order valence-corrected chi connectivity index (χ2v) is 6.89. The molecule has 6 heteroatoms. The van der Waals surface area contributed by atoms with Crippen molar-refractivity contribution >= 4 is 17.2 Å². The van der Waals surface area contributed by atoms with Crippen LogP contribution in [-0.2, 0) is 28.8 Å². The van der Waals surface area contributed by atoms with Gasteiger partial charge in [-0.3, -0.25) is 4.21 Å². The fraction of sp³-hybridized carbons (Fsp3) is 0.533. The van der Waals surface area contributed by atoms with Gasteiger partial charge in [0, 0.05) is 12.3 Å². The molecule has 0 radical (unpaired) electrons. The van der Waals surface area contributed by atoms with Crippen molar-refractivity contribution in [1.82, 2.24) is 5.32 Å². The van der Waals surface area contributed by atoms with Crippen LogP contribution in [0.1, 0.15) is 37.5 Å². The third kappa shape index (κ3) is 7.24. The second-order valence-electron chi connectivity index (χ2n) is 5.87. The van der Waals surface area contributed by atoms with Gasteiger partial charge in [-0.2, -0.15) is 0 Å². The molecular weight excluding hydrogens is 290 g/mol. The maximum atomic E-state index is 11.6. The summed E-state index contributed by atoms with van der Waals surface area (Å²) < 4.78 is 26.3. The molecule has 0 fully saturated rings. The molecule has 0 aliphatic carbocycles. The van der Waals surface area contributed by atoms with E-state index in [4.69, 9.17) is 4.74 Å². The van der Waals surface area contributed by atoms with E-state index >= 15 is 0 Å². The maximum Gasteiger partial charge on any atom is 0.407 e. The number of carbonyl (C=O) groups excluding carboxylic acids is 1. The Bertz CT molecular complexity index is 523. The lowest BCUT2D eigenvalue weighted by Gasteiger charge is -2.19. The van der Waals surface area contributed by atoms with Crippen LogP contribution < -0.4 is 5.32 Å². The van der Waals surface area contributed by atoms with Gasteiger partial charge in [-0.15, -0.1) is 0 Å². The number of hydrogen-bond acceptors (Lipinski definition) is 4. The lowest BCUT2D eigenvalue weighted by molar-refractivity contribution is 0.0523. The van der Waals surface area contributed by atoms with Gasteiger partial charge in [0.2, 0.25) is 0 Å². The quantitative estimate of drug-likeness (QED) is 0.847. The monoisotopic (exact) mass is 312 g/mol. The average molecular weight is 312 g/mol. The zero-order valence-corrected chi connectivity index (χ0v) is 13.7. The van der Waals surface area contributed by atoms with Crippen LogP contribution in [0.15, 0.2) is 18.2 Å². The van der Waals surface area contributed by atoms with E-state index in [9.17, 15) is 13.6 Å². The molecule has 118 valence electrons. The summed E-state index contributed by atoms with van der Waals surface area (Å²) in [6, 6.07) is 5.72. The zero-order valence-electron chi connectivity index (χ0n) is 12.9. The molecule has 0 aliphatic heterocycles. The van der Waals surface area contributed by atoms with Crippen LogP contribution in [0.25, 0.3) is 0 Å². The van der Waals surface area contributed by atoms with E-state index in [0.29, 0.717) is 13.0 Å². The molecule has 5 nitrogen and oxygen atoms in total. The highest BCUT2D eigenvalue weighted by Gasteiger charge is 2.15. The number of amides is 1. The van der Waals surface area contributed by atoms with Crippen LogP contribution in [0.4, 0.5) is 4.79 Å². The van der Waals surface area contributed by atoms with Gasteiger partial charge >= 0.3 is 6.09 Å². The molecule has 0 bridgehead atoms. The molecular formula is C15H22NO4S-. The van der Waals surface area contributed by atoms with Crippen molar-refractivity contribution in [2.24, 2.45) is 0 Å². The normalized spacial score (nSPS) is 12.8. The number of benzene rings is 1. The minimum atomic E-state index is -2.02. The van der Waals surface area contributed by atoms with Crippen molar-refractivity contribution in [3.63, 3.8) is 0 Å². The van der Waals surface area contributed by atoms with Crippen LogP contribution in [-0.4, -0.2) is 26.2 Å². The maximum absolute atomic E-state index is 11.6. The van der Waals surface area contributed by atoms with E-state index < -0.39 is 22.8 Å². The standard InChI is InChI=1S/C15H23NO4S/c1-11-9-12(5-6-13(11)7-8-21(18)19)10-16-14(17)20-15(2,3)4/h5-6,9H,7-8,10H2,1-4H3,(H,16,17)(H,18,19)/p-1. The van der Waals surface area contributed by atoms with E-state index in [1.165, 1.54) is 0 Å². The minimum absolute atomic E-state index is 0.121. The summed E-state index contributed by atoms with van der Waals surface area (Å²) >= 11 is -2.02. The van der Waals surface area contributed by atoms with Crippen molar-refractivity contribution in [3.8, 4) is 0 Å². The first-order valence-electron chi connectivity index (χ1n) is 6.78. The van der Waals surface area contributed by atoms with Gasteiger partial charge in [-0.25, -0.2) is 4.79 Å². The molecule has 1 atom stereocenters. The number of hydrogen-bond donors (Lipinski definition) is 1. The molecule has 1 aromatic carbocycles. The lowest BCUT2D eigenvalue weighted by atomic mass is 10.0. The molecule has 1 aromatic rings. The van der Waals surface area contributed by atoms with Gasteiger partial charge < -0.3 is 14.6 Å². The molecule has 0 heterocycles. The third-order valence-electron chi connectivity index (χ3n) is 2.78. The topological polar surface area (TPSA) is 78.5 Å². The molecule has 0 saturated heterocycles. The van der Waals surface area contributed by atoms with Gasteiger partial charge in [0.1, 0.15) is 5.60 Å². The van der Waals surface area contributed by atoms with Gasteiger partial charge in [-0.1, -0.05) is 29.3 Å². The van der Waals surface area contributed by atoms with Gasteiger partial charge in [0.25, 0.3) is 0 Å². The Hall–Kier alpha value is -1.40. The van der Waals surface area contributed by atoms with Crippen molar-refractivity contribution in [1.29, 1.82) is 0 Å². The third-order valence-corrected chi connectivity index (χ3v) is 3.32. The van der Waals surface area contributed by atoms with Gasteiger partial charge in [0.15, 0.2) is 0 Å². The van der Waals surface area contributed by atoms with Gasteiger partial charge in [-0.05, 0) is 50.8 Å². The summed E-state index contributed by atoms with van der Waals surface area (Å²) in [6.45, 7) is 7.74. The summed E-state index contributed by atoms with van der Waals surface area (Å²) in [7, 11) is 0. The summed E-state index contributed by atoms with van der Waals surface area (Å²) in [6.07, 6.45) is 0.0489. The summed E-state index contributed by atoms with van der Waals surface area (Å²) in [5, 5.41) is 2.69. The molecule has 1 amide bonds. The number of aryl methyl sites for hydroxylation is 2. The Morgan fingerprint density at radius 1 is 1.38 bits per heavy atom. The van der Waals surface area contributed by atoms with E-state index in [0.717, 1.165) is 16.7 Å². The van der Waals surface area contributed by atoms with Crippen LogP contribution >= 0.6 is 0 Å². The Kier molecular flexibility index (Phi) is 6.36. The molecule has 0 aliphatic rings. The predicted molar refractivity (Wildman–Crippen MR) is 81.7 cm³/mol. The fourth-order valence-electron chi connectivity index (χ4n) is 1.83. The lowest BCUT2D eigenvalue weighted by Crippen LogP contribution is -2.32. The largest absolute Gasteiger partial charge is 0.772 e. The predicted octanol–water partition coefficient (Wildman–Crippen LogP) is 2.44. The number of rotatable bonds is 5. The van der Waals surface area contributed by atoms with Crippen molar-refractivity contribution in [2.75, 3.05) is 5.75 Å². The van der Waals surface area contributed by atoms with Crippen LogP contribution in [0.5, 0.6) is 0 Å². The summed E-state index contributed by atoms with van der Waals surface area (Å²) in [4.78, 5) is 11.6. The van der Waals surface area contributed by atoms with Crippen LogP contribution in [0, 0.1) is 6.92 Å². The van der Waals surface area contributed by atoms with Crippen molar-refractivity contribution in [3.05, 3.63) is 34.9 Å². The van der Waals surface area contributed by atoms with Gasteiger partial charge in [0.05, 0.1) is 0 Å². The Labute approximate surface area is 128 Å². The first kappa shape index (κ1) is 17.7. The number of nitrogens with one attached hydrogen (secondary N) is 1. The van der Waals surface area contributed by atoms with E-state index in [2.05, 4.69) is 5.32 Å². The number of alkyl carbamates (subject to hydrolysis) is 1. The molecule has 21 heavy (non-hydrogen) atoms. The zero-order chi connectivity index (χ0) is 16.0. The van der Waals surface area contributed by atoms with Crippen LogP contribution in [0.3, 0.4) is 0 Å². The van der Waals surface area contributed by atoms with E-state index in [1.807, 2.05) is 45.9 Å². The highest BCUT2D eigenvalue weighted by atomic mass is 32.2. The Morgan fingerprint density at radius 3 is 2.57 bits per heavy atom. The van der Waals surface area contributed by atoms with E-state index in [-0.39, 0.29) is 5.75 Å². The van der Waals surface area contributed by atoms with Crippen LogP contribution in [0.2, 0.25) is 0 Å². The fourth-order valence-corrected chi connectivity index (χ4v) is 2.22. The first-order chi connectivity index (χ1) is 9.67. The molecule has 1 N–H and O–H groups in total. The number of ether oxygens (including phenoxy) is 1. The minimum Gasteiger partial charge on any atom is -0.772 e. The first-order valence-corrected chi connectivity index (χ1v) is 8.03. The molecule has 0 aromatic heterocycles. The molecule has 0 saturated carbocycles. The average Bonchev–Trinajstić information content (AvgIpc) is 2.33. The Balaban J connectivity index is 2.56. The summed E-state index contributed by atoms with van der Waals surface area (Å²) in [5.41, 5.74) is 2.45. The molecule has 1 unspecified atom stereocenters.